The van der Waals surface area contributed by atoms with Crippen LogP contribution >= 0.6 is 0 Å². The van der Waals surface area contributed by atoms with Gasteiger partial charge in [0.15, 0.2) is 11.3 Å². The topological polar surface area (TPSA) is 121 Å². The summed E-state index contributed by atoms with van der Waals surface area (Å²) >= 11 is 0. The van der Waals surface area contributed by atoms with Crippen LogP contribution in [0.1, 0.15) is 47.6 Å². The molecule has 28 heavy (non-hydrogen) atoms. The molecule has 1 aliphatic rings. The Hall–Kier alpha value is -3.01. The molecule has 1 fully saturated rings. The van der Waals surface area contributed by atoms with Crippen LogP contribution in [-0.4, -0.2) is 65.0 Å². The number of nitrogens with one attached hydrogen (secondary N) is 1. The lowest BCUT2D eigenvalue weighted by molar-refractivity contribution is 0.0697. The molecule has 1 unspecified atom stereocenters. The van der Waals surface area contributed by atoms with Gasteiger partial charge < -0.3 is 10.0 Å². The fourth-order valence-corrected chi connectivity index (χ4v) is 3.76. The number of amides is 1. The fraction of sp³-hybridized carbons (Fsp3) is 0.500. The van der Waals surface area contributed by atoms with Crippen LogP contribution in [0.2, 0.25) is 0 Å². The van der Waals surface area contributed by atoms with Crippen LogP contribution in [0, 0.1) is 0 Å². The molecule has 0 aromatic carbocycles. The number of carbonyl (C=O) groups is 1. The lowest BCUT2D eigenvalue weighted by atomic mass is 9.97. The maximum atomic E-state index is 13.0. The van der Waals surface area contributed by atoms with Gasteiger partial charge in [-0.15, -0.1) is 0 Å². The van der Waals surface area contributed by atoms with E-state index in [0.29, 0.717) is 43.2 Å². The standard InChI is InChI=1S/C18H23N7O3/c1-2-24-16(20-21-18(24)28)13-4-3-6-23(11-13)17(27)14-8-15-19-9-12(5-7-26)10-25(15)22-14/h8-10,13,26H,2-7,11H2,1H3,(H,21,28). The minimum atomic E-state index is -0.217. The molecule has 0 spiro atoms. The zero-order valence-electron chi connectivity index (χ0n) is 15.7. The van der Waals surface area contributed by atoms with Crippen molar-refractivity contribution in [1.82, 2.24) is 34.3 Å². The van der Waals surface area contributed by atoms with Gasteiger partial charge in [0.25, 0.3) is 5.91 Å². The third kappa shape index (κ3) is 3.31. The summed E-state index contributed by atoms with van der Waals surface area (Å²) in [6.45, 7) is 3.63. The van der Waals surface area contributed by atoms with Crippen LogP contribution in [0.25, 0.3) is 5.65 Å². The Morgan fingerprint density at radius 3 is 3.07 bits per heavy atom. The van der Waals surface area contributed by atoms with E-state index in [1.54, 1.807) is 32.4 Å². The number of rotatable bonds is 5. The number of aromatic amines is 1. The number of likely N-dealkylation sites (tertiary alicyclic amines) is 1. The summed E-state index contributed by atoms with van der Waals surface area (Å²) in [5.41, 5.74) is 1.56. The van der Waals surface area contributed by atoms with E-state index >= 15 is 0 Å². The molecule has 0 bridgehead atoms. The molecular formula is C18H23N7O3. The molecule has 0 saturated carbocycles. The van der Waals surface area contributed by atoms with Crippen molar-refractivity contribution in [2.45, 2.75) is 38.6 Å². The van der Waals surface area contributed by atoms with Crippen LogP contribution in [0.4, 0.5) is 0 Å². The van der Waals surface area contributed by atoms with Gasteiger partial charge in [-0.3, -0.25) is 9.36 Å². The van der Waals surface area contributed by atoms with Crippen molar-refractivity contribution in [3.63, 3.8) is 0 Å². The van der Waals surface area contributed by atoms with Crippen LogP contribution in [-0.2, 0) is 13.0 Å². The summed E-state index contributed by atoms with van der Waals surface area (Å²) in [5, 5.41) is 20.1. The van der Waals surface area contributed by atoms with E-state index in [4.69, 9.17) is 5.11 Å². The molecule has 0 aliphatic carbocycles. The number of nitrogens with zero attached hydrogens (tertiary/aromatic N) is 6. The molecule has 0 radical (unpaired) electrons. The zero-order chi connectivity index (χ0) is 19.7. The summed E-state index contributed by atoms with van der Waals surface area (Å²) in [5.74, 6) is 0.568. The van der Waals surface area contributed by atoms with E-state index in [-0.39, 0.29) is 24.1 Å². The van der Waals surface area contributed by atoms with Gasteiger partial charge in [0.1, 0.15) is 5.82 Å². The monoisotopic (exact) mass is 385 g/mol. The lowest BCUT2D eigenvalue weighted by Crippen LogP contribution is -2.40. The molecule has 10 heteroatoms. The first-order valence-corrected chi connectivity index (χ1v) is 9.50. The summed E-state index contributed by atoms with van der Waals surface area (Å²) in [7, 11) is 0. The molecule has 1 saturated heterocycles. The predicted octanol–water partition coefficient (Wildman–Crippen LogP) is 0.189. The Morgan fingerprint density at radius 1 is 1.43 bits per heavy atom. The van der Waals surface area contributed by atoms with Gasteiger partial charge in [-0.2, -0.15) is 10.2 Å². The molecule has 3 aromatic heterocycles. The smallest absolute Gasteiger partial charge is 0.343 e. The van der Waals surface area contributed by atoms with Crippen LogP contribution in [0.3, 0.4) is 0 Å². The van der Waals surface area contributed by atoms with Gasteiger partial charge in [-0.25, -0.2) is 19.4 Å². The van der Waals surface area contributed by atoms with Crippen LogP contribution in [0.15, 0.2) is 23.3 Å². The predicted molar refractivity (Wildman–Crippen MR) is 100 cm³/mol. The van der Waals surface area contributed by atoms with Crippen LogP contribution < -0.4 is 5.69 Å². The molecule has 3 aromatic rings. The zero-order valence-corrected chi connectivity index (χ0v) is 15.7. The highest BCUT2D eigenvalue weighted by atomic mass is 16.3. The number of aliphatic hydroxyl groups excluding tert-OH is 1. The first-order valence-electron chi connectivity index (χ1n) is 9.50. The quantitative estimate of drug-likeness (QED) is 0.647. The number of fused-ring (bicyclic) bond motifs is 1. The van der Waals surface area contributed by atoms with E-state index in [9.17, 15) is 9.59 Å². The number of piperidine rings is 1. The minimum absolute atomic E-state index is 0.0166. The lowest BCUT2D eigenvalue weighted by Gasteiger charge is -2.31. The highest BCUT2D eigenvalue weighted by molar-refractivity contribution is 5.93. The molecule has 1 aliphatic heterocycles. The number of carbonyl (C=O) groups excluding carboxylic acids is 1. The van der Waals surface area contributed by atoms with Crippen molar-refractivity contribution < 1.29 is 9.90 Å². The van der Waals surface area contributed by atoms with E-state index in [1.165, 1.54) is 0 Å². The SMILES string of the molecule is CCn1c(C2CCCN(C(=O)c3cc4ncc(CCO)cn4n3)C2)n[nH]c1=O. The summed E-state index contributed by atoms with van der Waals surface area (Å²) in [6, 6.07) is 1.67. The van der Waals surface area contributed by atoms with Gasteiger partial charge >= 0.3 is 5.69 Å². The van der Waals surface area contributed by atoms with Crippen molar-refractivity contribution in [1.29, 1.82) is 0 Å². The number of aliphatic hydroxyl groups is 1. The van der Waals surface area contributed by atoms with E-state index in [2.05, 4.69) is 20.3 Å². The third-order valence-electron chi connectivity index (χ3n) is 5.16. The summed E-state index contributed by atoms with van der Waals surface area (Å²) < 4.78 is 3.19. The second-order valence-electron chi connectivity index (χ2n) is 6.99. The number of aromatic nitrogens is 6. The highest BCUT2D eigenvalue weighted by Crippen LogP contribution is 2.26. The normalized spacial score (nSPS) is 17.4. The molecule has 4 rings (SSSR count). The first-order chi connectivity index (χ1) is 13.6. The maximum absolute atomic E-state index is 13.0. The van der Waals surface area contributed by atoms with Gasteiger partial charge in [0.05, 0.1) is 0 Å². The van der Waals surface area contributed by atoms with E-state index in [0.717, 1.165) is 18.4 Å². The first kappa shape index (κ1) is 18.4. The number of H-pyrrole nitrogens is 1. The van der Waals surface area contributed by atoms with E-state index in [1.807, 2.05) is 6.92 Å². The van der Waals surface area contributed by atoms with Crippen molar-refractivity contribution in [2.24, 2.45) is 0 Å². The molecular weight excluding hydrogens is 362 g/mol. The molecule has 2 N–H and O–H groups in total. The van der Waals surface area contributed by atoms with Gasteiger partial charge in [-0.1, -0.05) is 0 Å². The Kier molecular flexibility index (Phi) is 4.95. The van der Waals surface area contributed by atoms with Gasteiger partial charge in [-0.05, 0) is 31.7 Å². The molecule has 4 heterocycles. The molecule has 1 amide bonds. The van der Waals surface area contributed by atoms with Crippen molar-refractivity contribution in [3.05, 3.63) is 46.0 Å². The highest BCUT2D eigenvalue weighted by Gasteiger charge is 2.30. The third-order valence-corrected chi connectivity index (χ3v) is 5.16. The van der Waals surface area contributed by atoms with Gasteiger partial charge in [0.2, 0.25) is 0 Å². The Bertz CT molecular complexity index is 1050. The Balaban J connectivity index is 1.55. The Labute approximate surface area is 160 Å². The van der Waals surface area contributed by atoms with Crippen molar-refractivity contribution >= 4 is 11.6 Å². The number of hydrogen-bond acceptors (Lipinski definition) is 6. The molecule has 10 nitrogen and oxygen atoms in total. The molecule has 1 atom stereocenters. The van der Waals surface area contributed by atoms with Crippen molar-refractivity contribution in [2.75, 3.05) is 19.7 Å². The largest absolute Gasteiger partial charge is 0.396 e. The van der Waals surface area contributed by atoms with Gasteiger partial charge in [0, 0.05) is 50.6 Å². The van der Waals surface area contributed by atoms with Crippen LogP contribution in [0.5, 0.6) is 0 Å². The summed E-state index contributed by atoms with van der Waals surface area (Å²) in [6.07, 6.45) is 5.67. The van der Waals surface area contributed by atoms with Crippen molar-refractivity contribution in [3.8, 4) is 0 Å². The second kappa shape index (κ2) is 7.55. The average Bonchev–Trinajstić information content (AvgIpc) is 3.30. The number of hydrogen-bond donors (Lipinski definition) is 2. The Morgan fingerprint density at radius 2 is 2.29 bits per heavy atom. The average molecular weight is 385 g/mol. The van der Waals surface area contributed by atoms with E-state index < -0.39 is 0 Å². The fourth-order valence-electron chi connectivity index (χ4n) is 3.76. The summed E-state index contributed by atoms with van der Waals surface area (Å²) in [4.78, 5) is 30.9. The minimum Gasteiger partial charge on any atom is -0.396 e. The second-order valence-corrected chi connectivity index (χ2v) is 6.99. The maximum Gasteiger partial charge on any atom is 0.343 e. The molecule has 148 valence electrons.